The number of rotatable bonds is 5. The molecule has 0 unspecified atom stereocenters. The molecule has 0 saturated carbocycles. The maximum Gasteiger partial charge on any atom is 0.305 e. The van der Waals surface area contributed by atoms with Crippen molar-refractivity contribution in [3.8, 4) is 11.3 Å². The predicted octanol–water partition coefficient (Wildman–Crippen LogP) is 3.88. The smallest absolute Gasteiger partial charge is 0.305 e. The molecule has 0 saturated heterocycles. The highest BCUT2D eigenvalue weighted by Crippen LogP contribution is 2.23. The van der Waals surface area contributed by atoms with Crippen molar-refractivity contribution in [3.05, 3.63) is 101 Å². The summed E-state index contributed by atoms with van der Waals surface area (Å²) in [4.78, 5) is 24.9. The van der Waals surface area contributed by atoms with Gasteiger partial charge in [0.25, 0.3) is 5.91 Å². The van der Waals surface area contributed by atoms with Crippen LogP contribution < -0.4 is 10.9 Å². The summed E-state index contributed by atoms with van der Waals surface area (Å²) in [6.07, 6.45) is 3.07. The Labute approximate surface area is 179 Å². The predicted molar refractivity (Wildman–Crippen MR) is 116 cm³/mol. The van der Waals surface area contributed by atoms with Crippen molar-refractivity contribution in [2.24, 2.45) is 0 Å². The van der Waals surface area contributed by atoms with Gasteiger partial charge in [-0.3, -0.25) is 25.1 Å². The zero-order valence-electron chi connectivity index (χ0n) is 17.3. The average Bonchev–Trinajstić information content (AvgIpc) is 3.44. The molecule has 0 spiro atoms. The van der Waals surface area contributed by atoms with Crippen molar-refractivity contribution in [3.63, 3.8) is 0 Å². The number of hydrazine groups is 1. The third-order valence-corrected chi connectivity index (χ3v) is 4.83. The molecule has 2 aromatic heterocycles. The van der Waals surface area contributed by atoms with Crippen LogP contribution in [0.1, 0.15) is 37.6 Å². The first-order valence-corrected chi connectivity index (χ1v) is 9.84. The summed E-state index contributed by atoms with van der Waals surface area (Å²) in [6, 6.07) is 19.0. The van der Waals surface area contributed by atoms with Gasteiger partial charge in [-0.1, -0.05) is 59.7 Å². The maximum absolute atomic E-state index is 12.9. The summed E-state index contributed by atoms with van der Waals surface area (Å²) in [7, 11) is 0. The molecule has 0 aliphatic rings. The Hall–Kier alpha value is -4.13. The Morgan fingerprint density at radius 2 is 1.55 bits per heavy atom. The van der Waals surface area contributed by atoms with Gasteiger partial charge in [-0.15, -0.1) is 0 Å². The molecule has 4 rings (SSSR count). The maximum atomic E-state index is 12.9. The summed E-state index contributed by atoms with van der Waals surface area (Å²) < 4.78 is 6.76. The van der Waals surface area contributed by atoms with E-state index in [4.69, 9.17) is 4.42 Å². The number of furan rings is 1. The number of nitrogens with one attached hydrogen (secondary N) is 2. The Bertz CT molecular complexity index is 1190. The van der Waals surface area contributed by atoms with Crippen molar-refractivity contribution in [2.75, 3.05) is 0 Å². The van der Waals surface area contributed by atoms with E-state index in [2.05, 4.69) is 16.0 Å². The van der Waals surface area contributed by atoms with Crippen LogP contribution in [0, 0.1) is 13.8 Å². The molecule has 0 aliphatic carbocycles. The first-order valence-electron chi connectivity index (χ1n) is 9.84. The Morgan fingerprint density at radius 1 is 0.903 bits per heavy atom. The van der Waals surface area contributed by atoms with Crippen LogP contribution in [-0.2, 0) is 6.54 Å². The number of carbonyl (C=O) groups excluding carboxylic acids is 2. The molecule has 7 nitrogen and oxygen atoms in total. The number of carbonyl (C=O) groups is 2. The molecule has 2 N–H and O–H groups in total. The van der Waals surface area contributed by atoms with Gasteiger partial charge in [0, 0.05) is 11.8 Å². The summed E-state index contributed by atoms with van der Waals surface area (Å²) in [5, 5.41) is 4.65. The molecule has 0 radical (unpaired) electrons. The first-order chi connectivity index (χ1) is 15.0. The Kier molecular flexibility index (Phi) is 5.66. The zero-order valence-corrected chi connectivity index (χ0v) is 17.3. The van der Waals surface area contributed by atoms with Crippen molar-refractivity contribution < 1.29 is 14.0 Å². The van der Waals surface area contributed by atoms with E-state index < -0.39 is 11.8 Å². The van der Waals surface area contributed by atoms with Crippen molar-refractivity contribution in [1.29, 1.82) is 0 Å². The van der Waals surface area contributed by atoms with Crippen LogP contribution in [0.2, 0.25) is 0 Å². The number of hydrogen-bond acceptors (Lipinski definition) is 4. The standard InChI is InChI=1S/C24H22N4O3/c1-16-5-9-18(10-6-16)14-28-15-20(22(27-28)19-11-7-17(2)8-12-19)23(29)25-26-24(30)21-4-3-13-31-21/h3-13,15H,14H2,1-2H3,(H,25,29)(H,26,30). The van der Waals surface area contributed by atoms with Crippen LogP contribution in [0.15, 0.2) is 77.5 Å². The Balaban J connectivity index is 1.59. The topological polar surface area (TPSA) is 89.2 Å². The van der Waals surface area contributed by atoms with Crippen LogP contribution in [-0.4, -0.2) is 21.6 Å². The lowest BCUT2D eigenvalue weighted by Crippen LogP contribution is -2.41. The lowest BCUT2D eigenvalue weighted by molar-refractivity contribution is 0.0831. The number of aryl methyl sites for hydroxylation is 2. The van der Waals surface area contributed by atoms with Crippen LogP contribution in [0.3, 0.4) is 0 Å². The van der Waals surface area contributed by atoms with Gasteiger partial charge in [0.2, 0.25) is 0 Å². The molecule has 2 aromatic carbocycles. The summed E-state index contributed by atoms with van der Waals surface area (Å²) in [5.74, 6) is -0.901. The van der Waals surface area contributed by atoms with Crippen molar-refractivity contribution in [1.82, 2.24) is 20.6 Å². The van der Waals surface area contributed by atoms with E-state index in [1.54, 1.807) is 16.9 Å². The van der Waals surface area contributed by atoms with Crippen molar-refractivity contribution in [2.45, 2.75) is 20.4 Å². The second kappa shape index (κ2) is 8.71. The number of benzene rings is 2. The van der Waals surface area contributed by atoms with E-state index >= 15 is 0 Å². The lowest BCUT2D eigenvalue weighted by Gasteiger charge is -2.06. The van der Waals surface area contributed by atoms with E-state index in [9.17, 15) is 9.59 Å². The molecule has 0 bridgehead atoms. The van der Waals surface area contributed by atoms with Crippen molar-refractivity contribution >= 4 is 11.8 Å². The number of nitrogens with zero attached hydrogens (tertiary/aromatic N) is 2. The first kappa shape index (κ1) is 20.2. The lowest BCUT2D eigenvalue weighted by atomic mass is 10.1. The van der Waals surface area contributed by atoms with Crippen LogP contribution in [0.5, 0.6) is 0 Å². The molecule has 0 atom stereocenters. The average molecular weight is 414 g/mol. The molecule has 0 aliphatic heterocycles. The monoisotopic (exact) mass is 414 g/mol. The summed E-state index contributed by atoms with van der Waals surface area (Å²) in [6.45, 7) is 4.55. The van der Waals surface area contributed by atoms with Gasteiger partial charge >= 0.3 is 5.91 Å². The molecular formula is C24H22N4O3. The van der Waals surface area contributed by atoms with Gasteiger partial charge < -0.3 is 4.42 Å². The van der Waals surface area contributed by atoms with E-state index in [1.165, 1.54) is 17.9 Å². The largest absolute Gasteiger partial charge is 0.459 e. The minimum absolute atomic E-state index is 0.106. The van der Waals surface area contributed by atoms with E-state index in [0.29, 0.717) is 17.8 Å². The van der Waals surface area contributed by atoms with Crippen LogP contribution in [0.4, 0.5) is 0 Å². The van der Waals surface area contributed by atoms with Gasteiger partial charge in [-0.2, -0.15) is 5.10 Å². The van der Waals surface area contributed by atoms with Crippen LogP contribution in [0.25, 0.3) is 11.3 Å². The van der Waals surface area contributed by atoms with E-state index in [0.717, 1.165) is 16.7 Å². The molecule has 0 fully saturated rings. The fourth-order valence-corrected chi connectivity index (χ4v) is 3.12. The quantitative estimate of drug-likeness (QED) is 0.485. The highest BCUT2D eigenvalue weighted by Gasteiger charge is 2.19. The second-order valence-corrected chi connectivity index (χ2v) is 7.33. The molecule has 156 valence electrons. The van der Waals surface area contributed by atoms with Gasteiger partial charge in [0.1, 0.15) is 5.69 Å². The van der Waals surface area contributed by atoms with Gasteiger partial charge in [-0.05, 0) is 31.5 Å². The van der Waals surface area contributed by atoms with E-state index in [1.807, 2.05) is 62.4 Å². The fraction of sp³-hybridized carbons (Fsp3) is 0.125. The highest BCUT2D eigenvalue weighted by molar-refractivity contribution is 6.01. The molecule has 2 amide bonds. The molecule has 2 heterocycles. The minimum Gasteiger partial charge on any atom is -0.459 e. The fourth-order valence-electron chi connectivity index (χ4n) is 3.12. The van der Waals surface area contributed by atoms with Gasteiger partial charge in [-0.25, -0.2) is 0 Å². The molecule has 31 heavy (non-hydrogen) atoms. The van der Waals surface area contributed by atoms with Gasteiger partial charge in [0.15, 0.2) is 5.76 Å². The SMILES string of the molecule is Cc1ccc(Cn2cc(C(=O)NNC(=O)c3ccco3)c(-c3ccc(C)cc3)n2)cc1. The Morgan fingerprint density at radius 3 is 2.19 bits per heavy atom. The highest BCUT2D eigenvalue weighted by atomic mass is 16.3. The molecule has 4 aromatic rings. The third kappa shape index (κ3) is 4.72. The molecule has 7 heteroatoms. The minimum atomic E-state index is -0.540. The zero-order chi connectivity index (χ0) is 21.8. The number of aromatic nitrogens is 2. The number of hydrogen-bond donors (Lipinski definition) is 2. The third-order valence-electron chi connectivity index (χ3n) is 4.83. The van der Waals surface area contributed by atoms with Gasteiger partial charge in [0.05, 0.1) is 18.4 Å². The molecular weight excluding hydrogens is 392 g/mol. The number of amides is 2. The summed E-state index contributed by atoms with van der Waals surface area (Å²) >= 11 is 0. The summed E-state index contributed by atoms with van der Waals surface area (Å²) in [5.41, 5.74) is 9.88. The normalized spacial score (nSPS) is 10.6. The van der Waals surface area contributed by atoms with E-state index in [-0.39, 0.29) is 5.76 Å². The van der Waals surface area contributed by atoms with Crippen LogP contribution >= 0.6 is 0 Å². The second-order valence-electron chi connectivity index (χ2n) is 7.33.